The molecule has 0 heterocycles. The first-order valence-electron chi connectivity index (χ1n) is 8.63. The third-order valence-corrected chi connectivity index (χ3v) is 4.55. The van der Waals surface area contributed by atoms with Gasteiger partial charge in [0.2, 0.25) is 0 Å². The third kappa shape index (κ3) is 6.04. The van der Waals surface area contributed by atoms with E-state index in [1.165, 1.54) is 31.2 Å². The van der Waals surface area contributed by atoms with Crippen LogP contribution in [-0.2, 0) is 6.42 Å². The number of hydrogen-bond acceptors (Lipinski definition) is 3. The summed E-state index contributed by atoms with van der Waals surface area (Å²) in [5.41, 5.74) is 2.76. The molecule has 0 atom stereocenters. The van der Waals surface area contributed by atoms with Gasteiger partial charge in [-0.1, -0.05) is 17.7 Å². The van der Waals surface area contributed by atoms with Crippen LogP contribution in [0.3, 0.4) is 0 Å². The lowest BCUT2D eigenvalue weighted by atomic mass is 9.97. The molecule has 4 nitrogen and oxygen atoms in total. The summed E-state index contributed by atoms with van der Waals surface area (Å²) < 4.78 is 10.6. The molecule has 0 spiro atoms. The largest absolute Gasteiger partial charge is 0.493 e. The Kier molecular flexibility index (Phi) is 7.89. The molecular formula is C19H28N2O2S. The summed E-state index contributed by atoms with van der Waals surface area (Å²) in [6, 6.07) is 5.99. The van der Waals surface area contributed by atoms with Gasteiger partial charge in [-0.15, -0.1) is 0 Å². The predicted octanol–water partition coefficient (Wildman–Crippen LogP) is 3.60. The summed E-state index contributed by atoms with van der Waals surface area (Å²) in [5.74, 6) is 1.51. The van der Waals surface area contributed by atoms with Gasteiger partial charge in [0.05, 0.1) is 14.2 Å². The minimum Gasteiger partial charge on any atom is -0.493 e. The van der Waals surface area contributed by atoms with Gasteiger partial charge in [-0.3, -0.25) is 0 Å². The Hall–Kier alpha value is -1.75. The fourth-order valence-corrected chi connectivity index (χ4v) is 3.09. The molecule has 0 radical (unpaired) electrons. The van der Waals surface area contributed by atoms with Gasteiger partial charge in [0, 0.05) is 13.1 Å². The van der Waals surface area contributed by atoms with Crippen LogP contribution in [0.25, 0.3) is 0 Å². The van der Waals surface area contributed by atoms with Crippen molar-refractivity contribution >= 4 is 17.3 Å². The smallest absolute Gasteiger partial charge is 0.166 e. The number of hydrogen-bond donors (Lipinski definition) is 2. The Bertz CT molecular complexity index is 572. The van der Waals surface area contributed by atoms with Crippen molar-refractivity contribution in [2.45, 2.75) is 38.5 Å². The van der Waals surface area contributed by atoms with Gasteiger partial charge in [0.25, 0.3) is 0 Å². The van der Waals surface area contributed by atoms with Gasteiger partial charge in [-0.25, -0.2) is 0 Å². The molecule has 2 rings (SSSR count). The van der Waals surface area contributed by atoms with Gasteiger partial charge < -0.3 is 20.1 Å². The van der Waals surface area contributed by atoms with Crippen molar-refractivity contribution in [2.75, 3.05) is 27.3 Å². The molecule has 0 aliphatic heterocycles. The van der Waals surface area contributed by atoms with E-state index in [0.29, 0.717) is 0 Å². The first-order chi connectivity index (χ1) is 11.7. The second-order valence-electron chi connectivity index (χ2n) is 5.98. The molecule has 132 valence electrons. The maximum absolute atomic E-state index is 5.34. The normalized spacial score (nSPS) is 13.8. The molecule has 0 aromatic heterocycles. The van der Waals surface area contributed by atoms with Gasteiger partial charge >= 0.3 is 0 Å². The molecule has 1 aliphatic rings. The second-order valence-corrected chi connectivity index (χ2v) is 6.39. The van der Waals surface area contributed by atoms with Crippen LogP contribution in [0.4, 0.5) is 0 Å². The third-order valence-electron chi connectivity index (χ3n) is 4.26. The summed E-state index contributed by atoms with van der Waals surface area (Å²) in [4.78, 5) is 0. The molecule has 0 unspecified atom stereocenters. The minimum absolute atomic E-state index is 0.729. The molecule has 1 aromatic carbocycles. The topological polar surface area (TPSA) is 42.5 Å². The Labute approximate surface area is 150 Å². The van der Waals surface area contributed by atoms with E-state index in [9.17, 15) is 0 Å². The van der Waals surface area contributed by atoms with E-state index in [1.807, 2.05) is 12.1 Å². The van der Waals surface area contributed by atoms with E-state index in [2.05, 4.69) is 22.8 Å². The fraction of sp³-hybridized carbons (Fsp3) is 0.526. The van der Waals surface area contributed by atoms with Crippen LogP contribution in [0.5, 0.6) is 11.5 Å². The first-order valence-corrected chi connectivity index (χ1v) is 9.04. The van der Waals surface area contributed by atoms with Crippen LogP contribution in [0.1, 0.15) is 37.7 Å². The lowest BCUT2D eigenvalue weighted by Crippen LogP contribution is -2.37. The summed E-state index contributed by atoms with van der Waals surface area (Å²) in [5, 5.41) is 7.28. The monoisotopic (exact) mass is 348 g/mol. The summed E-state index contributed by atoms with van der Waals surface area (Å²) in [7, 11) is 3.30. The number of methoxy groups -OCH3 is 2. The number of allylic oxidation sites excluding steroid dienone is 1. The van der Waals surface area contributed by atoms with E-state index >= 15 is 0 Å². The van der Waals surface area contributed by atoms with E-state index in [-0.39, 0.29) is 0 Å². The number of benzene rings is 1. The molecular weight excluding hydrogens is 320 g/mol. The molecule has 0 saturated carbocycles. The Morgan fingerprint density at radius 2 is 1.79 bits per heavy atom. The number of ether oxygens (including phenoxy) is 2. The zero-order chi connectivity index (χ0) is 17.2. The molecule has 0 amide bonds. The van der Waals surface area contributed by atoms with Crippen LogP contribution in [-0.4, -0.2) is 32.4 Å². The summed E-state index contributed by atoms with van der Waals surface area (Å²) in [6.45, 7) is 1.71. The average Bonchev–Trinajstić information content (AvgIpc) is 2.62. The highest BCUT2D eigenvalue weighted by molar-refractivity contribution is 7.80. The van der Waals surface area contributed by atoms with Crippen LogP contribution in [0.2, 0.25) is 0 Å². The number of nitrogens with one attached hydrogen (secondary N) is 2. The number of rotatable bonds is 8. The van der Waals surface area contributed by atoms with E-state index in [4.69, 9.17) is 21.7 Å². The Morgan fingerprint density at radius 3 is 2.46 bits per heavy atom. The van der Waals surface area contributed by atoms with Gasteiger partial charge in [-0.05, 0) is 68.4 Å². The van der Waals surface area contributed by atoms with Crippen LogP contribution in [0.15, 0.2) is 29.8 Å². The van der Waals surface area contributed by atoms with Crippen molar-refractivity contribution in [2.24, 2.45) is 0 Å². The van der Waals surface area contributed by atoms with E-state index in [1.54, 1.807) is 19.8 Å². The van der Waals surface area contributed by atoms with Crippen LogP contribution in [0, 0.1) is 0 Å². The summed E-state index contributed by atoms with van der Waals surface area (Å²) in [6.07, 6.45) is 9.53. The highest BCUT2D eigenvalue weighted by atomic mass is 32.1. The van der Waals surface area contributed by atoms with Crippen molar-refractivity contribution in [1.29, 1.82) is 0 Å². The van der Waals surface area contributed by atoms with Crippen molar-refractivity contribution in [3.8, 4) is 11.5 Å². The Balaban J connectivity index is 1.66. The lowest BCUT2D eigenvalue weighted by Gasteiger charge is -2.14. The van der Waals surface area contributed by atoms with Crippen molar-refractivity contribution in [1.82, 2.24) is 10.6 Å². The van der Waals surface area contributed by atoms with E-state index in [0.717, 1.165) is 42.5 Å². The molecule has 2 N–H and O–H groups in total. The SMILES string of the molecule is COc1ccc(CCNC(=S)NCCC2=CCCCC2)cc1OC. The zero-order valence-corrected chi connectivity index (χ0v) is 15.5. The molecule has 0 saturated heterocycles. The van der Waals surface area contributed by atoms with Gasteiger partial charge in [0.15, 0.2) is 16.6 Å². The summed E-state index contributed by atoms with van der Waals surface area (Å²) >= 11 is 5.34. The molecule has 24 heavy (non-hydrogen) atoms. The fourth-order valence-electron chi connectivity index (χ4n) is 2.89. The van der Waals surface area contributed by atoms with Crippen LogP contribution >= 0.6 is 12.2 Å². The molecule has 0 fully saturated rings. The molecule has 5 heteroatoms. The van der Waals surface area contributed by atoms with Gasteiger partial charge in [-0.2, -0.15) is 0 Å². The highest BCUT2D eigenvalue weighted by Crippen LogP contribution is 2.27. The zero-order valence-electron chi connectivity index (χ0n) is 14.7. The maximum atomic E-state index is 5.34. The van der Waals surface area contributed by atoms with Gasteiger partial charge in [0.1, 0.15) is 0 Å². The molecule has 1 aliphatic carbocycles. The predicted molar refractivity (Wildman–Crippen MR) is 103 cm³/mol. The highest BCUT2D eigenvalue weighted by Gasteiger charge is 2.05. The van der Waals surface area contributed by atoms with Crippen molar-refractivity contribution in [3.05, 3.63) is 35.4 Å². The minimum atomic E-state index is 0.729. The quantitative estimate of drug-likeness (QED) is 0.555. The standard InChI is InChI=1S/C19H28N2O2S/c1-22-17-9-8-16(14-18(17)23-2)11-13-21-19(24)20-12-10-15-6-4-3-5-7-15/h6,8-9,14H,3-5,7,10-13H2,1-2H3,(H2,20,21,24). The van der Waals surface area contributed by atoms with E-state index < -0.39 is 0 Å². The maximum Gasteiger partial charge on any atom is 0.166 e. The molecule has 0 bridgehead atoms. The lowest BCUT2D eigenvalue weighted by molar-refractivity contribution is 0.354. The van der Waals surface area contributed by atoms with Crippen LogP contribution < -0.4 is 20.1 Å². The molecule has 1 aromatic rings. The second kappa shape index (κ2) is 10.2. The first kappa shape index (κ1) is 18.6. The Morgan fingerprint density at radius 1 is 1.04 bits per heavy atom. The number of thiocarbonyl (C=S) groups is 1. The average molecular weight is 349 g/mol. The van der Waals surface area contributed by atoms with Crippen molar-refractivity contribution in [3.63, 3.8) is 0 Å². The van der Waals surface area contributed by atoms with Crippen molar-refractivity contribution < 1.29 is 9.47 Å².